The standard InChI is InChI=1S/C27H23F3N6O2/c28-21-2-1-3-23(37)20(21)14-35-13-18(11-27(29,30)15-35)32-26(38)16-4-6-22-19(10-16)25(34-33-22)17-5-7-24-31-8-9-36(24)12-17/h1-10,12,18,37H,11,13-15H2,(H,32,38)(H,33,34)/t18-/m1/s1. The van der Waals surface area contributed by atoms with E-state index in [9.17, 15) is 23.1 Å². The van der Waals surface area contributed by atoms with Crippen LogP contribution in [0, 0.1) is 5.82 Å². The zero-order valence-electron chi connectivity index (χ0n) is 20.0. The Morgan fingerprint density at radius 2 is 2.08 bits per heavy atom. The molecular weight excluding hydrogens is 497 g/mol. The van der Waals surface area contributed by atoms with Crippen LogP contribution < -0.4 is 5.32 Å². The molecule has 0 unspecified atom stereocenters. The maximum atomic E-state index is 14.6. The van der Waals surface area contributed by atoms with Crippen LogP contribution in [0.5, 0.6) is 5.75 Å². The number of aromatic hydroxyl groups is 1. The molecule has 0 aliphatic carbocycles. The van der Waals surface area contributed by atoms with Crippen LogP contribution in [-0.2, 0) is 6.54 Å². The van der Waals surface area contributed by atoms with E-state index < -0.39 is 36.7 Å². The van der Waals surface area contributed by atoms with Crippen LogP contribution in [0.25, 0.3) is 27.8 Å². The highest BCUT2D eigenvalue weighted by Crippen LogP contribution is 2.31. The third-order valence-corrected chi connectivity index (χ3v) is 6.78. The van der Waals surface area contributed by atoms with E-state index in [1.54, 1.807) is 24.4 Å². The number of phenolic OH excluding ortho intramolecular Hbond substituents is 1. The molecule has 1 atom stereocenters. The number of phenols is 1. The summed E-state index contributed by atoms with van der Waals surface area (Å²) < 4.78 is 45.2. The van der Waals surface area contributed by atoms with Crippen molar-refractivity contribution < 1.29 is 23.1 Å². The van der Waals surface area contributed by atoms with E-state index in [0.29, 0.717) is 16.6 Å². The number of imidazole rings is 1. The van der Waals surface area contributed by atoms with Crippen molar-refractivity contribution in [2.45, 2.75) is 24.9 Å². The summed E-state index contributed by atoms with van der Waals surface area (Å²) in [5.41, 5.74) is 3.22. The van der Waals surface area contributed by atoms with Gasteiger partial charge >= 0.3 is 0 Å². The van der Waals surface area contributed by atoms with E-state index in [-0.39, 0.29) is 24.4 Å². The van der Waals surface area contributed by atoms with Crippen molar-refractivity contribution >= 4 is 22.5 Å². The molecule has 0 saturated carbocycles. The summed E-state index contributed by atoms with van der Waals surface area (Å²) in [4.78, 5) is 18.7. The maximum Gasteiger partial charge on any atom is 0.262 e. The number of alkyl halides is 2. The molecule has 0 radical (unpaired) electrons. The highest BCUT2D eigenvalue weighted by atomic mass is 19.3. The number of carbonyl (C=O) groups excluding carboxylic acids is 1. The fourth-order valence-corrected chi connectivity index (χ4v) is 5.04. The van der Waals surface area contributed by atoms with E-state index in [0.717, 1.165) is 16.7 Å². The van der Waals surface area contributed by atoms with Gasteiger partial charge in [-0.25, -0.2) is 18.2 Å². The minimum Gasteiger partial charge on any atom is -0.508 e. The molecule has 1 fully saturated rings. The number of likely N-dealkylation sites (tertiary alicyclic amines) is 1. The molecule has 0 bridgehead atoms. The maximum absolute atomic E-state index is 14.6. The SMILES string of the molecule is O=C(N[C@H]1CN(Cc2c(O)cccc2F)CC(F)(F)C1)c1ccc2[nH]nc(-c3ccc4nccn4c3)c2c1. The van der Waals surface area contributed by atoms with Crippen LogP contribution in [-0.4, -0.2) is 60.5 Å². The molecule has 6 rings (SSSR count). The van der Waals surface area contributed by atoms with Crippen molar-refractivity contribution in [1.82, 2.24) is 29.8 Å². The predicted molar refractivity (Wildman–Crippen MR) is 134 cm³/mol. The second-order valence-corrected chi connectivity index (χ2v) is 9.58. The topological polar surface area (TPSA) is 98.6 Å². The number of aromatic nitrogens is 4. The third-order valence-electron chi connectivity index (χ3n) is 6.78. The van der Waals surface area contributed by atoms with Gasteiger partial charge in [-0.15, -0.1) is 0 Å². The number of hydrogen-bond donors (Lipinski definition) is 3. The number of fused-ring (bicyclic) bond motifs is 2. The van der Waals surface area contributed by atoms with E-state index in [4.69, 9.17) is 0 Å². The molecule has 1 amide bonds. The Bertz CT molecular complexity index is 1640. The number of nitrogens with one attached hydrogen (secondary N) is 2. The quantitative estimate of drug-likeness (QED) is 0.320. The number of nitrogens with zero attached hydrogens (tertiary/aromatic N) is 4. The van der Waals surface area contributed by atoms with Gasteiger partial charge in [0.2, 0.25) is 0 Å². The molecule has 1 aliphatic heterocycles. The lowest BCUT2D eigenvalue weighted by Gasteiger charge is -2.38. The van der Waals surface area contributed by atoms with Crippen LogP contribution >= 0.6 is 0 Å². The Morgan fingerprint density at radius 3 is 2.92 bits per heavy atom. The average Bonchev–Trinajstić information content (AvgIpc) is 3.51. The largest absolute Gasteiger partial charge is 0.508 e. The van der Waals surface area contributed by atoms with Crippen LogP contribution in [0.15, 0.2) is 67.1 Å². The van der Waals surface area contributed by atoms with Crippen molar-refractivity contribution in [2.75, 3.05) is 13.1 Å². The highest BCUT2D eigenvalue weighted by Gasteiger charge is 2.41. The molecule has 4 heterocycles. The van der Waals surface area contributed by atoms with Crippen molar-refractivity contribution in [3.05, 3.63) is 84.1 Å². The molecule has 0 spiro atoms. The molecule has 2 aromatic carbocycles. The van der Waals surface area contributed by atoms with Crippen LogP contribution in [0.2, 0.25) is 0 Å². The summed E-state index contributed by atoms with van der Waals surface area (Å²) in [6, 6.07) is 11.7. The number of hydrogen-bond acceptors (Lipinski definition) is 5. The molecule has 38 heavy (non-hydrogen) atoms. The number of carbonyl (C=O) groups is 1. The lowest BCUT2D eigenvalue weighted by Crippen LogP contribution is -2.54. The Balaban J connectivity index is 1.23. The van der Waals surface area contributed by atoms with Crippen LogP contribution in [0.4, 0.5) is 13.2 Å². The fraction of sp³-hybridized carbons (Fsp3) is 0.222. The Kier molecular flexibility index (Phi) is 5.79. The molecule has 194 valence electrons. The van der Waals surface area contributed by atoms with Crippen molar-refractivity contribution in [3.63, 3.8) is 0 Å². The van der Waals surface area contributed by atoms with Gasteiger partial charge in [0.1, 0.15) is 22.9 Å². The van der Waals surface area contributed by atoms with Gasteiger partial charge in [0.25, 0.3) is 11.8 Å². The second kappa shape index (κ2) is 9.18. The van der Waals surface area contributed by atoms with Gasteiger partial charge in [0, 0.05) is 66.2 Å². The van der Waals surface area contributed by atoms with Gasteiger partial charge in [-0.3, -0.25) is 14.8 Å². The minimum absolute atomic E-state index is 0.0536. The predicted octanol–water partition coefficient (Wildman–Crippen LogP) is 4.36. The highest BCUT2D eigenvalue weighted by molar-refractivity contribution is 6.01. The van der Waals surface area contributed by atoms with Crippen molar-refractivity contribution in [2.24, 2.45) is 0 Å². The summed E-state index contributed by atoms with van der Waals surface area (Å²) in [5, 5.41) is 20.8. The first kappa shape index (κ1) is 24.0. The lowest BCUT2D eigenvalue weighted by molar-refractivity contribution is -0.0763. The van der Waals surface area contributed by atoms with Gasteiger partial charge in [0.15, 0.2) is 0 Å². The van der Waals surface area contributed by atoms with E-state index in [2.05, 4.69) is 20.5 Å². The van der Waals surface area contributed by atoms with Crippen molar-refractivity contribution in [3.8, 4) is 17.0 Å². The lowest BCUT2D eigenvalue weighted by atomic mass is 10.00. The van der Waals surface area contributed by atoms with E-state index >= 15 is 0 Å². The molecular formula is C27H23F3N6O2. The number of amides is 1. The van der Waals surface area contributed by atoms with E-state index in [1.165, 1.54) is 23.1 Å². The monoisotopic (exact) mass is 520 g/mol. The first-order valence-electron chi connectivity index (χ1n) is 12.0. The average molecular weight is 521 g/mol. The number of piperidine rings is 1. The van der Waals surface area contributed by atoms with Gasteiger partial charge in [-0.1, -0.05) is 6.07 Å². The fourth-order valence-electron chi connectivity index (χ4n) is 5.04. The first-order valence-corrected chi connectivity index (χ1v) is 12.0. The number of benzene rings is 2. The second-order valence-electron chi connectivity index (χ2n) is 9.58. The van der Waals surface area contributed by atoms with E-state index in [1.807, 2.05) is 28.9 Å². The normalized spacial score (nSPS) is 17.7. The van der Waals surface area contributed by atoms with Crippen LogP contribution in [0.1, 0.15) is 22.3 Å². The number of rotatable bonds is 5. The number of H-pyrrole nitrogens is 1. The first-order chi connectivity index (χ1) is 18.3. The summed E-state index contributed by atoms with van der Waals surface area (Å²) >= 11 is 0. The third kappa shape index (κ3) is 4.56. The molecule has 3 N–H and O–H groups in total. The molecule has 8 nitrogen and oxygen atoms in total. The molecule has 1 aliphatic rings. The Hall–Kier alpha value is -4.38. The summed E-state index contributed by atoms with van der Waals surface area (Å²) in [6.07, 6.45) is 4.86. The molecule has 1 saturated heterocycles. The molecule has 5 aromatic rings. The van der Waals surface area contributed by atoms with Gasteiger partial charge in [-0.2, -0.15) is 5.10 Å². The molecule has 3 aromatic heterocycles. The number of aromatic amines is 1. The number of halogens is 3. The van der Waals surface area contributed by atoms with Crippen LogP contribution in [0.3, 0.4) is 0 Å². The van der Waals surface area contributed by atoms with Gasteiger partial charge in [0.05, 0.1) is 12.1 Å². The zero-order chi connectivity index (χ0) is 26.4. The summed E-state index contributed by atoms with van der Waals surface area (Å²) in [5.74, 6) is -4.56. The van der Waals surface area contributed by atoms with Gasteiger partial charge in [-0.05, 0) is 42.5 Å². The summed E-state index contributed by atoms with van der Waals surface area (Å²) in [6.45, 7) is -0.718. The Morgan fingerprint density at radius 1 is 1.21 bits per heavy atom. The Labute approximate surface area is 214 Å². The summed E-state index contributed by atoms with van der Waals surface area (Å²) in [7, 11) is 0. The zero-order valence-corrected chi connectivity index (χ0v) is 20.0. The smallest absolute Gasteiger partial charge is 0.262 e. The number of pyridine rings is 1. The minimum atomic E-state index is -3.09. The van der Waals surface area contributed by atoms with Gasteiger partial charge < -0.3 is 14.8 Å². The molecule has 11 heteroatoms. The van der Waals surface area contributed by atoms with Crippen molar-refractivity contribution in [1.29, 1.82) is 0 Å².